The minimum atomic E-state index is -0.636. The summed E-state index contributed by atoms with van der Waals surface area (Å²) in [5.41, 5.74) is 0.112. The topological polar surface area (TPSA) is 86.3 Å². The van der Waals surface area contributed by atoms with Gasteiger partial charge in [-0.1, -0.05) is 13.3 Å². The Balaban J connectivity index is 3.20. The summed E-state index contributed by atoms with van der Waals surface area (Å²) in [7, 11) is 0. The second-order valence-electron chi connectivity index (χ2n) is 3.08. The Hall–Kier alpha value is -1.98. The maximum atomic E-state index is 10.7. The maximum Gasteiger partial charge on any atom is 0.279 e. The Morgan fingerprint density at radius 3 is 2.33 bits per heavy atom. The lowest BCUT2D eigenvalue weighted by Gasteiger charge is -2.00. The van der Waals surface area contributed by atoms with Gasteiger partial charge in [0.2, 0.25) is 0 Å². The van der Waals surface area contributed by atoms with E-state index in [0.717, 1.165) is 12.5 Å². The normalized spacial score (nSPS) is 9.93. The lowest BCUT2D eigenvalue weighted by Crippen LogP contribution is -1.97. The number of non-ortho nitro benzene ring substituents is 1. The van der Waals surface area contributed by atoms with Gasteiger partial charge in [-0.3, -0.25) is 20.2 Å². The van der Waals surface area contributed by atoms with Crippen LogP contribution in [0, 0.1) is 20.2 Å². The molecule has 0 aromatic heterocycles. The molecule has 0 heterocycles. The fraction of sp³-hybridized carbons (Fsp3) is 0.333. The number of rotatable bonds is 4. The number of hydrogen-bond acceptors (Lipinski definition) is 4. The molecule has 0 aliphatic carbocycles. The largest absolute Gasteiger partial charge is 0.279 e. The zero-order chi connectivity index (χ0) is 11.4. The number of aryl methyl sites for hydroxylation is 1. The predicted molar refractivity (Wildman–Crippen MR) is 53.7 cm³/mol. The first-order valence-electron chi connectivity index (χ1n) is 4.48. The zero-order valence-corrected chi connectivity index (χ0v) is 8.17. The molecule has 0 spiro atoms. The molecule has 15 heavy (non-hydrogen) atoms. The monoisotopic (exact) mass is 210 g/mol. The van der Waals surface area contributed by atoms with Crippen LogP contribution in [-0.4, -0.2) is 9.85 Å². The van der Waals surface area contributed by atoms with Crippen LogP contribution in [0.3, 0.4) is 0 Å². The lowest BCUT2D eigenvalue weighted by atomic mass is 10.1. The highest BCUT2D eigenvalue weighted by molar-refractivity contribution is 5.49. The third kappa shape index (κ3) is 2.49. The fourth-order valence-corrected chi connectivity index (χ4v) is 1.32. The summed E-state index contributed by atoms with van der Waals surface area (Å²) >= 11 is 0. The minimum absolute atomic E-state index is 0.175. The van der Waals surface area contributed by atoms with Crippen LogP contribution in [-0.2, 0) is 6.42 Å². The summed E-state index contributed by atoms with van der Waals surface area (Å²) in [5, 5.41) is 21.1. The number of hydrogen-bond donors (Lipinski definition) is 0. The highest BCUT2D eigenvalue weighted by Crippen LogP contribution is 2.25. The van der Waals surface area contributed by atoms with Crippen LogP contribution in [0.15, 0.2) is 18.2 Å². The molecule has 0 fully saturated rings. The van der Waals surface area contributed by atoms with Crippen molar-refractivity contribution in [1.82, 2.24) is 0 Å². The summed E-state index contributed by atoms with van der Waals surface area (Å²) in [6.07, 6.45) is 1.31. The van der Waals surface area contributed by atoms with Crippen molar-refractivity contribution < 1.29 is 9.85 Å². The van der Waals surface area contributed by atoms with E-state index in [1.165, 1.54) is 12.1 Å². The first kappa shape index (κ1) is 11.1. The molecule has 80 valence electrons. The molecule has 6 heteroatoms. The second kappa shape index (κ2) is 4.50. The van der Waals surface area contributed by atoms with Crippen molar-refractivity contribution in [2.75, 3.05) is 0 Å². The van der Waals surface area contributed by atoms with Gasteiger partial charge >= 0.3 is 0 Å². The predicted octanol–water partition coefficient (Wildman–Crippen LogP) is 2.46. The molecule has 0 radical (unpaired) electrons. The molecule has 0 unspecified atom stereocenters. The van der Waals surface area contributed by atoms with E-state index in [1.807, 2.05) is 6.92 Å². The third-order valence-electron chi connectivity index (χ3n) is 2.00. The first-order chi connectivity index (χ1) is 7.06. The number of nitro benzene ring substituents is 2. The Bertz CT molecular complexity index is 403. The number of nitrogens with zero attached hydrogens (tertiary/aromatic N) is 2. The summed E-state index contributed by atoms with van der Waals surface area (Å²) in [5.74, 6) is 0. The molecule has 0 amide bonds. The molecule has 1 aromatic rings. The molecule has 0 saturated carbocycles. The number of nitro groups is 2. The summed E-state index contributed by atoms with van der Waals surface area (Å²) in [6, 6.07) is 3.74. The van der Waals surface area contributed by atoms with E-state index in [-0.39, 0.29) is 11.4 Å². The fourth-order valence-electron chi connectivity index (χ4n) is 1.32. The molecule has 0 bridgehead atoms. The van der Waals surface area contributed by atoms with Gasteiger partial charge in [0.05, 0.1) is 15.9 Å². The molecule has 0 N–H and O–H groups in total. The van der Waals surface area contributed by atoms with E-state index in [4.69, 9.17) is 0 Å². The van der Waals surface area contributed by atoms with E-state index in [2.05, 4.69) is 0 Å². The molecule has 0 aliphatic heterocycles. The van der Waals surface area contributed by atoms with Crippen LogP contribution in [0.25, 0.3) is 0 Å². The molecule has 0 atom stereocenters. The van der Waals surface area contributed by atoms with Gasteiger partial charge in [0.25, 0.3) is 11.4 Å². The highest BCUT2D eigenvalue weighted by atomic mass is 16.6. The van der Waals surface area contributed by atoms with Crippen molar-refractivity contribution in [3.05, 3.63) is 44.0 Å². The van der Waals surface area contributed by atoms with Crippen molar-refractivity contribution in [2.24, 2.45) is 0 Å². The van der Waals surface area contributed by atoms with Gasteiger partial charge in [0, 0.05) is 11.6 Å². The quantitative estimate of drug-likeness (QED) is 0.564. The van der Waals surface area contributed by atoms with Crippen LogP contribution < -0.4 is 0 Å². The Morgan fingerprint density at radius 1 is 1.20 bits per heavy atom. The standard InChI is InChI=1S/C9H10N2O4/c1-2-3-7-4-5-8(10(12)13)6-9(7)11(14)15/h4-6H,2-3H2,1H3. The van der Waals surface area contributed by atoms with Crippen LogP contribution in [0.2, 0.25) is 0 Å². The Labute approximate surface area is 85.8 Å². The molecule has 1 rings (SSSR count). The van der Waals surface area contributed by atoms with E-state index in [9.17, 15) is 20.2 Å². The van der Waals surface area contributed by atoms with Gasteiger partial charge in [-0.15, -0.1) is 0 Å². The maximum absolute atomic E-state index is 10.7. The Morgan fingerprint density at radius 2 is 1.87 bits per heavy atom. The van der Waals surface area contributed by atoms with E-state index in [0.29, 0.717) is 12.0 Å². The minimum Gasteiger partial charge on any atom is -0.258 e. The molecule has 6 nitrogen and oxygen atoms in total. The van der Waals surface area contributed by atoms with Crippen molar-refractivity contribution in [2.45, 2.75) is 19.8 Å². The van der Waals surface area contributed by atoms with Gasteiger partial charge in [-0.05, 0) is 12.5 Å². The third-order valence-corrected chi connectivity index (χ3v) is 2.00. The smallest absolute Gasteiger partial charge is 0.258 e. The average molecular weight is 210 g/mol. The van der Waals surface area contributed by atoms with Gasteiger partial charge in [-0.25, -0.2) is 0 Å². The molecular formula is C9H10N2O4. The second-order valence-corrected chi connectivity index (χ2v) is 3.08. The van der Waals surface area contributed by atoms with E-state index in [1.54, 1.807) is 0 Å². The van der Waals surface area contributed by atoms with E-state index >= 15 is 0 Å². The SMILES string of the molecule is CCCc1ccc([N+](=O)[O-])cc1[N+](=O)[O-]. The molecule has 0 aliphatic rings. The van der Waals surface area contributed by atoms with Crippen LogP contribution in [0.5, 0.6) is 0 Å². The van der Waals surface area contributed by atoms with Crippen molar-refractivity contribution >= 4 is 11.4 Å². The zero-order valence-electron chi connectivity index (χ0n) is 8.17. The molecule has 1 aromatic carbocycles. The van der Waals surface area contributed by atoms with Crippen LogP contribution >= 0.6 is 0 Å². The van der Waals surface area contributed by atoms with Gasteiger partial charge in [-0.2, -0.15) is 0 Å². The molecule has 0 saturated heterocycles. The summed E-state index contributed by atoms with van der Waals surface area (Å²) < 4.78 is 0. The average Bonchev–Trinajstić information content (AvgIpc) is 2.18. The summed E-state index contributed by atoms with van der Waals surface area (Å²) in [6.45, 7) is 1.89. The van der Waals surface area contributed by atoms with Crippen molar-refractivity contribution in [3.8, 4) is 0 Å². The summed E-state index contributed by atoms with van der Waals surface area (Å²) in [4.78, 5) is 19.9. The Kier molecular flexibility index (Phi) is 3.33. The lowest BCUT2D eigenvalue weighted by molar-refractivity contribution is -0.394. The number of benzene rings is 1. The van der Waals surface area contributed by atoms with Gasteiger partial charge in [0.1, 0.15) is 0 Å². The highest BCUT2D eigenvalue weighted by Gasteiger charge is 2.18. The van der Waals surface area contributed by atoms with Gasteiger partial charge < -0.3 is 0 Å². The van der Waals surface area contributed by atoms with Crippen molar-refractivity contribution in [3.63, 3.8) is 0 Å². The van der Waals surface area contributed by atoms with Crippen LogP contribution in [0.1, 0.15) is 18.9 Å². The first-order valence-corrected chi connectivity index (χ1v) is 4.48. The van der Waals surface area contributed by atoms with Crippen molar-refractivity contribution in [1.29, 1.82) is 0 Å². The van der Waals surface area contributed by atoms with Gasteiger partial charge in [0.15, 0.2) is 0 Å². The molecular weight excluding hydrogens is 200 g/mol. The van der Waals surface area contributed by atoms with Crippen LogP contribution in [0.4, 0.5) is 11.4 Å². The van der Waals surface area contributed by atoms with E-state index < -0.39 is 9.85 Å².